The quantitative estimate of drug-likeness (QED) is 0.211. The number of aryl methyl sites for hydroxylation is 1. The average Bonchev–Trinajstić information content (AvgIpc) is 3.14. The highest BCUT2D eigenvalue weighted by atomic mass is 35.5. The van der Waals surface area contributed by atoms with Crippen LogP contribution in [0.4, 0.5) is 5.95 Å². The van der Waals surface area contributed by atoms with E-state index in [-0.39, 0.29) is 11.1 Å². The second-order valence-electron chi connectivity index (χ2n) is 9.17. The zero-order valence-corrected chi connectivity index (χ0v) is 22.1. The Morgan fingerprint density at radius 3 is 2.75 bits per heavy atom. The van der Waals surface area contributed by atoms with Crippen LogP contribution in [0, 0.1) is 31.6 Å². The number of pyridine rings is 1. The van der Waals surface area contributed by atoms with Crippen LogP contribution in [-0.2, 0) is 11.3 Å². The normalized spacial score (nSPS) is 12.0. The van der Waals surface area contributed by atoms with Crippen molar-refractivity contribution < 1.29 is 14.6 Å². The molecule has 0 saturated carbocycles. The zero-order chi connectivity index (χ0) is 26.4. The molecule has 36 heavy (non-hydrogen) atoms. The van der Waals surface area contributed by atoms with Gasteiger partial charge in [-0.2, -0.15) is 4.98 Å². The average molecular weight is 513 g/mol. The molecule has 0 radical (unpaired) electrons. The summed E-state index contributed by atoms with van der Waals surface area (Å²) in [5.74, 6) is 6.70. The summed E-state index contributed by atoms with van der Waals surface area (Å²) in [6.45, 7) is 8.95. The molecule has 3 heterocycles. The molecule has 1 atom stereocenters. The summed E-state index contributed by atoms with van der Waals surface area (Å²) in [6.07, 6.45) is 5.57. The predicted octanol–water partition coefficient (Wildman–Crippen LogP) is 3.96. The summed E-state index contributed by atoms with van der Waals surface area (Å²) in [5.41, 5.74) is 9.91. The molecule has 0 fully saturated rings. The number of carbonyl (C=O) groups is 1. The van der Waals surface area contributed by atoms with E-state index in [2.05, 4.69) is 32.1 Å². The lowest BCUT2D eigenvalue weighted by Crippen LogP contribution is -2.38. The summed E-state index contributed by atoms with van der Waals surface area (Å²) in [6, 6.07) is -0.546. The number of fused-ring (bicyclic) bond motifs is 1. The third-order valence-electron chi connectivity index (χ3n) is 5.86. The molecule has 0 aromatic carbocycles. The Labute approximate surface area is 216 Å². The van der Waals surface area contributed by atoms with Gasteiger partial charge < -0.3 is 25.5 Å². The Balaban J connectivity index is 1.80. The number of anilines is 1. The van der Waals surface area contributed by atoms with Gasteiger partial charge in [-0.15, -0.1) is 0 Å². The SMILES string of the molecule is COc1c(C)cnc(Cn2cc(C#CCCCN[C@@H](CC(C)C)C(=O)O)c3c(Cl)nc(N)nc32)c1C. The van der Waals surface area contributed by atoms with Crippen LogP contribution in [-0.4, -0.2) is 50.3 Å². The van der Waals surface area contributed by atoms with Crippen LogP contribution in [0.1, 0.15) is 55.5 Å². The Bertz CT molecular complexity index is 1310. The fourth-order valence-electron chi connectivity index (χ4n) is 4.12. The number of unbranched alkanes of at least 4 members (excludes halogenated alkanes) is 1. The van der Waals surface area contributed by atoms with E-state index < -0.39 is 12.0 Å². The number of hydrogen-bond donors (Lipinski definition) is 3. The minimum absolute atomic E-state index is 0.0815. The summed E-state index contributed by atoms with van der Waals surface area (Å²) in [7, 11) is 1.65. The molecule has 0 unspecified atom stereocenters. The zero-order valence-electron chi connectivity index (χ0n) is 21.4. The van der Waals surface area contributed by atoms with Gasteiger partial charge in [-0.25, -0.2) is 4.98 Å². The molecule has 0 aliphatic rings. The lowest BCUT2D eigenvalue weighted by atomic mass is 10.0. The number of carboxylic acid groups (broad SMARTS) is 1. The molecule has 3 aromatic heterocycles. The van der Waals surface area contributed by atoms with Gasteiger partial charge in [0.25, 0.3) is 0 Å². The Morgan fingerprint density at radius 2 is 2.08 bits per heavy atom. The number of aliphatic carboxylic acids is 1. The number of nitrogens with zero attached hydrogens (tertiary/aromatic N) is 4. The molecule has 0 aliphatic heterocycles. The van der Waals surface area contributed by atoms with Gasteiger partial charge in [-0.1, -0.05) is 37.3 Å². The molecule has 0 aliphatic carbocycles. The third-order valence-corrected chi connectivity index (χ3v) is 6.13. The second-order valence-corrected chi connectivity index (χ2v) is 9.53. The van der Waals surface area contributed by atoms with Crippen molar-refractivity contribution in [2.24, 2.45) is 5.92 Å². The van der Waals surface area contributed by atoms with E-state index >= 15 is 0 Å². The van der Waals surface area contributed by atoms with Crippen molar-refractivity contribution in [2.75, 3.05) is 19.4 Å². The van der Waals surface area contributed by atoms with Gasteiger partial charge in [-0.3, -0.25) is 9.78 Å². The number of carboxylic acids is 1. The number of nitrogens with two attached hydrogens (primary N) is 1. The van der Waals surface area contributed by atoms with Gasteiger partial charge in [0.2, 0.25) is 5.95 Å². The van der Waals surface area contributed by atoms with Gasteiger partial charge in [-0.05, 0) is 39.2 Å². The number of ether oxygens (including phenoxy) is 1. The number of aromatic nitrogens is 4. The van der Waals surface area contributed by atoms with E-state index in [4.69, 9.17) is 22.1 Å². The van der Waals surface area contributed by atoms with Gasteiger partial charge in [0, 0.05) is 29.9 Å². The van der Waals surface area contributed by atoms with E-state index in [9.17, 15) is 9.90 Å². The number of methoxy groups -OCH3 is 1. The molecule has 0 bridgehead atoms. The summed E-state index contributed by atoms with van der Waals surface area (Å²) < 4.78 is 7.46. The van der Waals surface area contributed by atoms with E-state index in [0.29, 0.717) is 48.4 Å². The van der Waals surface area contributed by atoms with E-state index in [1.165, 1.54) is 0 Å². The smallest absolute Gasteiger partial charge is 0.320 e. The molecular weight excluding hydrogens is 480 g/mol. The fraction of sp³-hybridized carbons (Fsp3) is 0.462. The number of nitrogen functional groups attached to an aromatic ring is 1. The van der Waals surface area contributed by atoms with Crippen molar-refractivity contribution in [3.63, 3.8) is 0 Å². The number of rotatable bonds is 10. The largest absolute Gasteiger partial charge is 0.496 e. The minimum Gasteiger partial charge on any atom is -0.496 e. The maximum atomic E-state index is 11.4. The molecule has 0 spiro atoms. The molecule has 3 rings (SSSR count). The molecule has 4 N–H and O–H groups in total. The lowest BCUT2D eigenvalue weighted by molar-refractivity contribution is -0.139. The first-order valence-electron chi connectivity index (χ1n) is 11.9. The number of hydrogen-bond acceptors (Lipinski definition) is 7. The van der Waals surface area contributed by atoms with E-state index in [0.717, 1.165) is 29.0 Å². The van der Waals surface area contributed by atoms with Gasteiger partial charge in [0.05, 0.1) is 30.3 Å². The van der Waals surface area contributed by atoms with Crippen molar-refractivity contribution in [1.29, 1.82) is 0 Å². The lowest BCUT2D eigenvalue weighted by Gasteiger charge is -2.15. The molecule has 10 heteroatoms. The predicted molar refractivity (Wildman–Crippen MR) is 141 cm³/mol. The molecule has 0 amide bonds. The highest BCUT2D eigenvalue weighted by Crippen LogP contribution is 2.29. The van der Waals surface area contributed by atoms with Crippen LogP contribution in [0.25, 0.3) is 11.0 Å². The minimum atomic E-state index is -0.826. The Morgan fingerprint density at radius 1 is 1.33 bits per heavy atom. The Kier molecular flexibility index (Phi) is 9.13. The first-order chi connectivity index (χ1) is 17.1. The van der Waals surface area contributed by atoms with Crippen LogP contribution >= 0.6 is 11.6 Å². The van der Waals surface area contributed by atoms with Crippen molar-refractivity contribution in [3.05, 3.63) is 39.9 Å². The second kappa shape index (κ2) is 12.1. The van der Waals surface area contributed by atoms with Crippen LogP contribution in [0.3, 0.4) is 0 Å². The maximum absolute atomic E-state index is 11.4. The van der Waals surface area contributed by atoms with E-state index in [1.54, 1.807) is 13.3 Å². The van der Waals surface area contributed by atoms with Crippen LogP contribution in [0.15, 0.2) is 12.4 Å². The van der Waals surface area contributed by atoms with Gasteiger partial charge in [0.15, 0.2) is 0 Å². The molecular formula is C26H33ClN6O3. The summed E-state index contributed by atoms with van der Waals surface area (Å²) >= 11 is 6.44. The van der Waals surface area contributed by atoms with Crippen molar-refractivity contribution >= 4 is 34.6 Å². The van der Waals surface area contributed by atoms with Crippen LogP contribution < -0.4 is 15.8 Å². The van der Waals surface area contributed by atoms with Crippen molar-refractivity contribution in [2.45, 2.75) is 59.5 Å². The number of halogens is 1. The molecule has 3 aromatic rings. The van der Waals surface area contributed by atoms with Crippen molar-refractivity contribution in [3.8, 4) is 17.6 Å². The monoisotopic (exact) mass is 512 g/mol. The third kappa shape index (κ3) is 6.45. The topological polar surface area (TPSA) is 128 Å². The van der Waals surface area contributed by atoms with Crippen LogP contribution in [0.5, 0.6) is 5.75 Å². The highest BCUT2D eigenvalue weighted by molar-refractivity contribution is 6.34. The highest BCUT2D eigenvalue weighted by Gasteiger charge is 2.18. The first kappa shape index (κ1) is 27.2. The standard InChI is InChI=1S/C26H33ClN6O3/c1-15(2)11-19(25(34)35)29-10-8-6-7-9-18-13-33(24-21(18)23(27)31-26(28)32-24)14-20-17(4)22(36-5)16(3)12-30-20/h12-13,15,19,29H,6,8,10-11,14H2,1-5H3,(H,34,35)(H2,28,31,32)/t19-/m0/s1. The molecule has 192 valence electrons. The molecule has 0 saturated heterocycles. The van der Waals surface area contributed by atoms with Crippen molar-refractivity contribution in [1.82, 2.24) is 24.8 Å². The number of nitrogens with one attached hydrogen (secondary N) is 1. The van der Waals surface area contributed by atoms with Gasteiger partial charge in [0.1, 0.15) is 22.6 Å². The van der Waals surface area contributed by atoms with Gasteiger partial charge >= 0.3 is 5.97 Å². The summed E-state index contributed by atoms with van der Waals surface area (Å²) in [4.78, 5) is 24.5. The molecule has 9 nitrogen and oxygen atoms in total. The summed E-state index contributed by atoms with van der Waals surface area (Å²) in [5, 5.41) is 13.3. The Hall–Kier alpha value is -3.35. The van der Waals surface area contributed by atoms with Crippen LogP contribution in [0.2, 0.25) is 5.15 Å². The maximum Gasteiger partial charge on any atom is 0.320 e. The fourth-order valence-corrected chi connectivity index (χ4v) is 4.39. The first-order valence-corrected chi connectivity index (χ1v) is 12.3. The van der Waals surface area contributed by atoms with E-state index in [1.807, 2.05) is 38.5 Å².